The molecule has 3 aliphatic carbocycles. The lowest BCUT2D eigenvalue weighted by Crippen LogP contribution is -2.52. The number of imide groups is 1. The number of rotatable bonds is 7. The van der Waals surface area contributed by atoms with E-state index in [9.17, 15) is 24.0 Å². The first kappa shape index (κ1) is 32.9. The fourth-order valence-corrected chi connectivity index (χ4v) is 8.36. The van der Waals surface area contributed by atoms with Gasteiger partial charge in [-0.05, 0) is 76.9 Å². The molecule has 1 heterocycles. The zero-order valence-electron chi connectivity index (χ0n) is 26.5. The fraction of sp³-hybridized carbons (Fsp3) is 0.125. The highest BCUT2D eigenvalue weighted by molar-refractivity contribution is 6.36. The highest BCUT2D eigenvalue weighted by Gasteiger charge is 2.63. The maximum atomic E-state index is 14.5. The summed E-state index contributed by atoms with van der Waals surface area (Å²) in [7, 11) is 0. The van der Waals surface area contributed by atoms with Crippen LogP contribution >= 0.6 is 34.8 Å². The molecule has 0 N–H and O–H groups in total. The average molecular weight is 736 g/mol. The number of hydrogen-bond acceptors (Lipinski definition) is 6. The van der Waals surface area contributed by atoms with Crippen molar-refractivity contribution in [1.29, 1.82) is 0 Å². The van der Waals surface area contributed by atoms with E-state index in [1.54, 1.807) is 12.1 Å². The Balaban J connectivity index is 1.12. The molecule has 252 valence electrons. The van der Waals surface area contributed by atoms with Gasteiger partial charge in [0, 0.05) is 22.4 Å². The van der Waals surface area contributed by atoms with Crippen LogP contribution in [0.3, 0.4) is 0 Å². The molecule has 9 rings (SSSR count). The molecule has 8 nitrogen and oxygen atoms in total. The van der Waals surface area contributed by atoms with Crippen molar-refractivity contribution >= 4 is 64.3 Å². The van der Waals surface area contributed by atoms with Crippen LogP contribution in [0.25, 0.3) is 0 Å². The number of ketones is 1. The van der Waals surface area contributed by atoms with Gasteiger partial charge < -0.3 is 4.74 Å². The summed E-state index contributed by atoms with van der Waals surface area (Å²) in [5, 5.41) is 2.36. The number of benzene rings is 5. The van der Waals surface area contributed by atoms with Gasteiger partial charge in [0.05, 0.1) is 33.0 Å². The summed E-state index contributed by atoms with van der Waals surface area (Å²) in [5.41, 5.74) is 4.19. The van der Waals surface area contributed by atoms with Crippen LogP contribution in [-0.2, 0) is 9.59 Å². The second-order valence-corrected chi connectivity index (χ2v) is 13.8. The van der Waals surface area contributed by atoms with Crippen LogP contribution < -0.4 is 4.74 Å². The Morgan fingerprint density at radius 3 is 1.69 bits per heavy atom. The molecule has 3 amide bonds. The van der Waals surface area contributed by atoms with Crippen LogP contribution in [0.15, 0.2) is 115 Å². The summed E-state index contributed by atoms with van der Waals surface area (Å²) in [5.74, 6) is -5.39. The van der Waals surface area contributed by atoms with E-state index in [4.69, 9.17) is 39.5 Å². The summed E-state index contributed by atoms with van der Waals surface area (Å²) in [4.78, 5) is 69.9. The fourth-order valence-electron chi connectivity index (χ4n) is 7.66. The summed E-state index contributed by atoms with van der Waals surface area (Å²) >= 11 is 18.5. The lowest BCUT2D eigenvalue weighted by molar-refractivity contribution is -0.154. The molecule has 1 aliphatic heterocycles. The first-order valence-electron chi connectivity index (χ1n) is 16.1. The largest absolute Gasteiger partial charge is 0.423 e. The predicted molar refractivity (Wildman–Crippen MR) is 190 cm³/mol. The zero-order chi connectivity index (χ0) is 35.6. The van der Waals surface area contributed by atoms with Crippen LogP contribution in [-0.4, -0.2) is 46.0 Å². The molecular weight excluding hydrogens is 711 g/mol. The quantitative estimate of drug-likeness (QED) is 0.0727. The SMILES string of the molecule is O=C(CN(C(=O)c1ccccc1Cl)N1C(=O)[C@@H]2C3c4ccccc4C(c4ccccc43)[C@H]2C1=O)c1ccc(OC(=O)c2ccc(Cl)cc2Cl)cc1. The summed E-state index contributed by atoms with van der Waals surface area (Å²) < 4.78 is 5.43. The van der Waals surface area contributed by atoms with Gasteiger partial charge in [-0.25, -0.2) is 9.80 Å². The number of Topliss-reactive ketones (excluding diaryl/α,β-unsaturated/α-hetero) is 1. The maximum Gasteiger partial charge on any atom is 0.345 e. The van der Waals surface area contributed by atoms with E-state index in [-0.39, 0.29) is 32.5 Å². The van der Waals surface area contributed by atoms with Crippen LogP contribution in [0.2, 0.25) is 15.1 Å². The Hall–Kier alpha value is -5.28. The van der Waals surface area contributed by atoms with Gasteiger partial charge in [-0.1, -0.05) is 95.5 Å². The van der Waals surface area contributed by atoms with Crippen molar-refractivity contribution in [2.45, 2.75) is 11.8 Å². The molecule has 1 fully saturated rings. The van der Waals surface area contributed by atoms with E-state index in [1.165, 1.54) is 54.6 Å². The van der Waals surface area contributed by atoms with E-state index >= 15 is 0 Å². The maximum absolute atomic E-state index is 14.5. The summed E-state index contributed by atoms with van der Waals surface area (Å²) in [6.07, 6.45) is 0. The van der Waals surface area contributed by atoms with E-state index in [2.05, 4.69) is 0 Å². The normalized spacial score (nSPS) is 19.6. The Kier molecular flexibility index (Phi) is 8.26. The first-order valence-corrected chi connectivity index (χ1v) is 17.2. The molecule has 2 atom stereocenters. The van der Waals surface area contributed by atoms with E-state index in [1.807, 2.05) is 48.5 Å². The topological polar surface area (TPSA) is 101 Å². The molecular formula is C40H25Cl3N2O6. The minimum atomic E-state index is -0.776. The van der Waals surface area contributed by atoms with Crippen molar-refractivity contribution in [3.63, 3.8) is 0 Å². The van der Waals surface area contributed by atoms with Gasteiger partial charge in [0.15, 0.2) is 5.78 Å². The number of carbonyl (C=O) groups is 5. The standard InChI is InChI=1S/C40H25Cl3N2O6/c41-22-15-18-29(31(43)19-22)40(50)51-23-16-13-21(14-17-23)32(46)20-44(37(47)28-11-5-6-12-30(28)42)45-38(48)35-33-24-7-1-2-8-25(24)34(36(35)39(45)49)27-10-4-3-9-26(27)33/h1-19,33-36H,20H2/t33?,34?,35-,36-/m1/s1. The van der Waals surface area contributed by atoms with Crippen LogP contribution in [0.4, 0.5) is 0 Å². The van der Waals surface area contributed by atoms with Gasteiger partial charge in [0.2, 0.25) is 0 Å². The molecule has 0 aromatic heterocycles. The van der Waals surface area contributed by atoms with E-state index < -0.39 is 59.7 Å². The average Bonchev–Trinajstić information content (AvgIpc) is 3.40. The molecule has 0 spiro atoms. The Labute approximate surface area is 307 Å². The van der Waals surface area contributed by atoms with Crippen molar-refractivity contribution in [3.05, 3.63) is 169 Å². The number of hydrogen-bond donors (Lipinski definition) is 0. The highest BCUT2D eigenvalue weighted by Crippen LogP contribution is 2.61. The lowest BCUT2D eigenvalue weighted by Gasteiger charge is -2.45. The van der Waals surface area contributed by atoms with Gasteiger partial charge in [-0.2, -0.15) is 5.01 Å². The smallest absolute Gasteiger partial charge is 0.345 e. The second-order valence-electron chi connectivity index (χ2n) is 12.6. The monoisotopic (exact) mass is 734 g/mol. The van der Waals surface area contributed by atoms with E-state index in [0.717, 1.165) is 32.3 Å². The lowest BCUT2D eigenvalue weighted by atomic mass is 9.55. The number of hydrazine groups is 1. The van der Waals surface area contributed by atoms with Crippen LogP contribution in [0.1, 0.15) is 65.2 Å². The Morgan fingerprint density at radius 1 is 0.627 bits per heavy atom. The van der Waals surface area contributed by atoms with Crippen LogP contribution in [0, 0.1) is 11.8 Å². The van der Waals surface area contributed by atoms with Gasteiger partial charge >= 0.3 is 5.97 Å². The van der Waals surface area contributed by atoms with Crippen LogP contribution in [0.5, 0.6) is 5.75 Å². The van der Waals surface area contributed by atoms with Gasteiger partial charge in [-0.3, -0.25) is 19.2 Å². The van der Waals surface area contributed by atoms with Crippen molar-refractivity contribution < 1.29 is 28.7 Å². The molecule has 5 aromatic carbocycles. The molecule has 5 aromatic rings. The predicted octanol–water partition coefficient (Wildman–Crippen LogP) is 8.00. The molecule has 0 unspecified atom stereocenters. The number of esters is 1. The third-order valence-electron chi connectivity index (χ3n) is 9.84. The minimum Gasteiger partial charge on any atom is -0.423 e. The third-order valence-corrected chi connectivity index (χ3v) is 10.7. The highest BCUT2D eigenvalue weighted by atomic mass is 35.5. The van der Waals surface area contributed by atoms with Gasteiger partial charge in [-0.15, -0.1) is 0 Å². The Morgan fingerprint density at radius 2 is 1.16 bits per heavy atom. The van der Waals surface area contributed by atoms with Crippen molar-refractivity contribution in [3.8, 4) is 5.75 Å². The van der Waals surface area contributed by atoms with Crippen molar-refractivity contribution in [1.82, 2.24) is 10.0 Å². The minimum absolute atomic E-state index is 0.0279. The van der Waals surface area contributed by atoms with Crippen molar-refractivity contribution in [2.24, 2.45) is 11.8 Å². The number of nitrogens with zero attached hydrogens (tertiary/aromatic N) is 2. The number of amides is 3. The molecule has 1 saturated heterocycles. The second kappa shape index (κ2) is 12.8. The summed E-state index contributed by atoms with van der Waals surface area (Å²) in [6.45, 7) is -0.643. The Bertz CT molecular complexity index is 2190. The zero-order valence-corrected chi connectivity index (χ0v) is 28.7. The number of ether oxygens (including phenoxy) is 1. The van der Waals surface area contributed by atoms with Crippen molar-refractivity contribution in [2.75, 3.05) is 6.54 Å². The molecule has 0 saturated carbocycles. The third kappa shape index (κ3) is 5.42. The van der Waals surface area contributed by atoms with E-state index in [0.29, 0.717) is 5.02 Å². The number of carbonyl (C=O) groups excluding carboxylic acids is 5. The van der Waals surface area contributed by atoms with Gasteiger partial charge in [0.1, 0.15) is 12.3 Å². The summed E-state index contributed by atoms with van der Waals surface area (Å²) in [6, 6.07) is 31.9. The molecule has 0 radical (unpaired) electrons. The molecule has 4 aliphatic rings. The molecule has 2 bridgehead atoms. The number of halogens is 3. The molecule has 51 heavy (non-hydrogen) atoms. The van der Waals surface area contributed by atoms with Gasteiger partial charge in [0.25, 0.3) is 17.7 Å². The first-order chi connectivity index (χ1) is 24.6. The molecule has 11 heteroatoms.